The molecule has 2 aliphatic heterocycles. The molecule has 0 spiro atoms. The number of carbonyl (C=O) groups is 2. The van der Waals surface area contributed by atoms with Crippen LogP contribution in [0.1, 0.15) is 77.3 Å². The minimum atomic E-state index is -0.622. The van der Waals surface area contributed by atoms with Gasteiger partial charge < -0.3 is 20.9 Å². The summed E-state index contributed by atoms with van der Waals surface area (Å²) in [6.07, 6.45) is 9.19. The average Bonchev–Trinajstić information content (AvgIpc) is 3.91. The number of benzene rings is 3. The normalized spacial score (nSPS) is 19.6. The quantitative estimate of drug-likeness (QED) is 0.221. The second-order valence-electron chi connectivity index (χ2n) is 12.7. The molecular formula is C36H40N6O2. The number of rotatable bonds is 9. The first-order valence-corrected chi connectivity index (χ1v) is 16.0. The fourth-order valence-electron chi connectivity index (χ4n) is 7.00. The summed E-state index contributed by atoms with van der Waals surface area (Å²) in [4.78, 5) is 39.5. The van der Waals surface area contributed by atoms with Crippen molar-refractivity contribution in [3.63, 3.8) is 0 Å². The van der Waals surface area contributed by atoms with E-state index in [2.05, 4.69) is 50.4 Å². The topological polar surface area (TPSA) is 104 Å². The molecule has 2 saturated heterocycles. The van der Waals surface area contributed by atoms with E-state index < -0.39 is 5.91 Å². The van der Waals surface area contributed by atoms with Crippen LogP contribution in [0.5, 0.6) is 0 Å². The molecule has 7 rings (SSSR count). The van der Waals surface area contributed by atoms with Gasteiger partial charge in [0.15, 0.2) is 17.3 Å². The number of ketones is 1. The molecule has 4 aromatic rings. The smallest absolute Gasteiger partial charge is 0.271 e. The standard InChI is InChI=1S/C36H40N6O2/c37-35(44)34-36(39-30-11-9-26(10-12-30)27-15-18-41(19-16-27)31-13-14-31)40-33(22-38-34)42-17-3-4-24(23-42)20-32(43)29-8-7-25-5-1-2-6-28(25)21-29/h1-2,5-12,21-22,24,27,31H,3-4,13-20,23H2,(H2,37,44)(H,39,40)/t24-/m0/s1. The molecule has 3 aliphatic rings. The van der Waals surface area contributed by atoms with Crippen molar-refractivity contribution in [2.45, 2.75) is 56.9 Å². The molecule has 3 aromatic carbocycles. The number of nitrogens with one attached hydrogen (secondary N) is 1. The zero-order chi connectivity index (χ0) is 30.0. The van der Waals surface area contributed by atoms with Gasteiger partial charge in [0, 0.05) is 36.8 Å². The van der Waals surface area contributed by atoms with Crippen LogP contribution in [0.15, 0.2) is 72.9 Å². The third kappa shape index (κ3) is 6.31. The van der Waals surface area contributed by atoms with E-state index in [0.29, 0.717) is 30.5 Å². The van der Waals surface area contributed by atoms with Crippen LogP contribution in [-0.2, 0) is 0 Å². The Balaban J connectivity index is 1.02. The Morgan fingerprint density at radius 3 is 2.41 bits per heavy atom. The second-order valence-corrected chi connectivity index (χ2v) is 12.7. The molecular weight excluding hydrogens is 548 g/mol. The molecule has 3 fully saturated rings. The van der Waals surface area contributed by atoms with Crippen molar-refractivity contribution in [3.05, 3.63) is 89.7 Å². The average molecular weight is 589 g/mol. The zero-order valence-electron chi connectivity index (χ0n) is 25.1. The number of Topliss-reactive ketones (excluding diaryl/α,β-unsaturated/α-hetero) is 1. The van der Waals surface area contributed by atoms with Crippen molar-refractivity contribution in [3.8, 4) is 0 Å². The van der Waals surface area contributed by atoms with Crippen LogP contribution < -0.4 is 16.0 Å². The van der Waals surface area contributed by atoms with E-state index >= 15 is 0 Å². The molecule has 1 aromatic heterocycles. The maximum Gasteiger partial charge on any atom is 0.271 e. The summed E-state index contributed by atoms with van der Waals surface area (Å²) in [7, 11) is 0. The Labute approximate surface area is 258 Å². The monoisotopic (exact) mass is 588 g/mol. The SMILES string of the molecule is NC(=O)c1ncc(N2CCC[C@@H](CC(=O)c3ccc4ccccc4c3)C2)nc1Nc1ccc(C2CCN(C3CC3)CC2)cc1. The minimum absolute atomic E-state index is 0.116. The summed E-state index contributed by atoms with van der Waals surface area (Å²) in [6.45, 7) is 3.90. The van der Waals surface area contributed by atoms with E-state index in [1.807, 2.05) is 36.4 Å². The number of carbonyl (C=O) groups excluding carboxylic acids is 2. The number of fused-ring (bicyclic) bond motifs is 1. The summed E-state index contributed by atoms with van der Waals surface area (Å²) in [5.74, 6) is 1.37. The van der Waals surface area contributed by atoms with Crippen molar-refractivity contribution < 1.29 is 9.59 Å². The molecule has 1 saturated carbocycles. The highest BCUT2D eigenvalue weighted by atomic mass is 16.1. The molecule has 0 bridgehead atoms. The van der Waals surface area contributed by atoms with Gasteiger partial charge in [-0.05, 0) is 98.0 Å². The largest absolute Gasteiger partial charge is 0.364 e. The fraction of sp³-hybridized carbons (Fsp3) is 0.389. The lowest BCUT2D eigenvalue weighted by molar-refractivity contribution is 0.0955. The molecule has 8 heteroatoms. The van der Waals surface area contributed by atoms with Crippen molar-refractivity contribution >= 4 is 39.8 Å². The summed E-state index contributed by atoms with van der Waals surface area (Å²) >= 11 is 0. The number of piperidine rings is 2. The maximum atomic E-state index is 13.2. The van der Waals surface area contributed by atoms with Crippen LogP contribution in [0.4, 0.5) is 17.3 Å². The minimum Gasteiger partial charge on any atom is -0.364 e. The van der Waals surface area contributed by atoms with Crippen molar-refractivity contribution in [2.75, 3.05) is 36.4 Å². The molecule has 1 atom stereocenters. The maximum absolute atomic E-state index is 13.2. The van der Waals surface area contributed by atoms with Crippen molar-refractivity contribution in [2.24, 2.45) is 11.7 Å². The van der Waals surface area contributed by atoms with E-state index in [1.54, 1.807) is 6.20 Å². The molecule has 8 nitrogen and oxygen atoms in total. The molecule has 0 unspecified atom stereocenters. The molecule has 44 heavy (non-hydrogen) atoms. The second kappa shape index (κ2) is 12.4. The van der Waals surface area contributed by atoms with E-state index in [4.69, 9.17) is 10.7 Å². The van der Waals surface area contributed by atoms with E-state index in [-0.39, 0.29) is 17.4 Å². The molecule has 1 amide bonds. The highest BCUT2D eigenvalue weighted by Gasteiger charge is 2.32. The van der Waals surface area contributed by atoms with E-state index in [9.17, 15) is 9.59 Å². The summed E-state index contributed by atoms with van der Waals surface area (Å²) in [6, 6.07) is 23.4. The Bertz CT molecular complexity index is 1660. The molecule has 3 N–H and O–H groups in total. The highest BCUT2D eigenvalue weighted by Crippen LogP contribution is 2.35. The molecule has 226 valence electrons. The van der Waals surface area contributed by atoms with Crippen LogP contribution in [0.25, 0.3) is 10.8 Å². The van der Waals surface area contributed by atoms with Gasteiger partial charge >= 0.3 is 0 Å². The Morgan fingerprint density at radius 1 is 0.886 bits per heavy atom. The number of nitrogens with zero attached hydrogens (tertiary/aromatic N) is 4. The lowest BCUT2D eigenvalue weighted by atomic mass is 9.89. The lowest BCUT2D eigenvalue weighted by Gasteiger charge is -2.33. The molecule has 0 radical (unpaired) electrons. The predicted molar refractivity (Wildman–Crippen MR) is 175 cm³/mol. The van der Waals surface area contributed by atoms with Gasteiger partial charge in [-0.15, -0.1) is 0 Å². The third-order valence-corrected chi connectivity index (χ3v) is 9.62. The van der Waals surface area contributed by atoms with Crippen molar-refractivity contribution in [1.82, 2.24) is 14.9 Å². The number of amides is 1. The van der Waals surface area contributed by atoms with Gasteiger partial charge in [-0.2, -0.15) is 0 Å². The Hall–Kier alpha value is -4.30. The van der Waals surface area contributed by atoms with Crippen LogP contribution in [0.3, 0.4) is 0 Å². The number of nitrogens with two attached hydrogens (primary N) is 1. The van der Waals surface area contributed by atoms with Gasteiger partial charge in [-0.25, -0.2) is 9.97 Å². The van der Waals surface area contributed by atoms with Gasteiger partial charge in [0.25, 0.3) is 5.91 Å². The highest BCUT2D eigenvalue weighted by molar-refractivity contribution is 6.00. The first kappa shape index (κ1) is 28.5. The number of anilines is 3. The number of aromatic nitrogens is 2. The summed E-state index contributed by atoms with van der Waals surface area (Å²) in [5.41, 5.74) is 8.76. The number of primary amides is 1. The van der Waals surface area contributed by atoms with Crippen LogP contribution in [-0.4, -0.2) is 58.8 Å². The van der Waals surface area contributed by atoms with Gasteiger partial charge in [-0.1, -0.05) is 48.5 Å². The molecule has 1 aliphatic carbocycles. The van der Waals surface area contributed by atoms with E-state index in [0.717, 1.165) is 47.5 Å². The Morgan fingerprint density at radius 2 is 1.66 bits per heavy atom. The van der Waals surface area contributed by atoms with Gasteiger partial charge in [-0.3, -0.25) is 9.59 Å². The lowest BCUT2D eigenvalue weighted by Crippen LogP contribution is -2.37. The van der Waals surface area contributed by atoms with Crippen LogP contribution in [0, 0.1) is 5.92 Å². The molecule has 3 heterocycles. The zero-order valence-corrected chi connectivity index (χ0v) is 25.1. The number of hydrogen-bond donors (Lipinski definition) is 2. The van der Waals surface area contributed by atoms with Gasteiger partial charge in [0.05, 0.1) is 6.20 Å². The predicted octanol–water partition coefficient (Wildman–Crippen LogP) is 6.30. The summed E-state index contributed by atoms with van der Waals surface area (Å²) in [5, 5.41) is 5.53. The Kier molecular flexibility index (Phi) is 8.00. The first-order valence-electron chi connectivity index (χ1n) is 16.0. The van der Waals surface area contributed by atoms with Gasteiger partial charge in [0.1, 0.15) is 5.82 Å². The van der Waals surface area contributed by atoms with E-state index in [1.165, 1.54) is 44.3 Å². The summed E-state index contributed by atoms with van der Waals surface area (Å²) < 4.78 is 0. The van der Waals surface area contributed by atoms with Crippen molar-refractivity contribution in [1.29, 1.82) is 0 Å². The fourth-order valence-corrected chi connectivity index (χ4v) is 7.00. The van der Waals surface area contributed by atoms with Crippen LogP contribution >= 0.6 is 0 Å². The third-order valence-electron chi connectivity index (χ3n) is 9.62. The number of likely N-dealkylation sites (tertiary alicyclic amines) is 1. The number of hydrogen-bond acceptors (Lipinski definition) is 7. The first-order chi connectivity index (χ1) is 21.5. The van der Waals surface area contributed by atoms with Gasteiger partial charge in [0.2, 0.25) is 0 Å². The van der Waals surface area contributed by atoms with Crippen LogP contribution in [0.2, 0.25) is 0 Å².